The van der Waals surface area contributed by atoms with Gasteiger partial charge in [0.1, 0.15) is 12.2 Å². The molecule has 80 valence electrons. The summed E-state index contributed by atoms with van der Waals surface area (Å²) >= 11 is 1.49. The summed E-state index contributed by atoms with van der Waals surface area (Å²) in [5.74, 6) is 0.833. The summed E-state index contributed by atoms with van der Waals surface area (Å²) < 4.78 is 0. The van der Waals surface area contributed by atoms with Crippen molar-refractivity contribution < 1.29 is 20.4 Å². The monoisotopic (exact) mass is 210 g/mol. The van der Waals surface area contributed by atoms with E-state index in [1.54, 1.807) is 6.92 Å². The molecule has 0 radical (unpaired) electrons. The second-order valence-electron chi connectivity index (χ2n) is 2.89. The molecule has 13 heavy (non-hydrogen) atoms. The number of thioether (sulfide) groups is 1. The minimum absolute atomic E-state index is 0.152. The first-order valence-electron chi connectivity index (χ1n) is 4.31. The highest BCUT2D eigenvalue weighted by Gasteiger charge is 2.28. The number of hydrogen-bond donors (Lipinski definition) is 4. The molecule has 0 rings (SSSR count). The zero-order chi connectivity index (χ0) is 10.4. The van der Waals surface area contributed by atoms with Crippen LogP contribution in [0.5, 0.6) is 0 Å². The SMILES string of the molecule is CCSC(C)C(O)C(O)C(O)CO. The van der Waals surface area contributed by atoms with Crippen LogP contribution < -0.4 is 0 Å². The molecule has 0 aromatic carbocycles. The maximum Gasteiger partial charge on any atom is 0.109 e. The van der Waals surface area contributed by atoms with Gasteiger partial charge in [0.2, 0.25) is 0 Å². The average molecular weight is 210 g/mol. The third-order valence-electron chi connectivity index (χ3n) is 1.84. The first-order chi connectivity index (χ1) is 6.04. The first kappa shape index (κ1) is 13.2. The molecule has 4 atom stereocenters. The van der Waals surface area contributed by atoms with Crippen molar-refractivity contribution in [1.29, 1.82) is 0 Å². The van der Waals surface area contributed by atoms with E-state index in [1.165, 1.54) is 11.8 Å². The van der Waals surface area contributed by atoms with Crippen molar-refractivity contribution in [3.05, 3.63) is 0 Å². The summed E-state index contributed by atoms with van der Waals surface area (Å²) in [6.07, 6.45) is -3.55. The molecule has 4 unspecified atom stereocenters. The average Bonchev–Trinajstić information content (AvgIpc) is 2.14. The van der Waals surface area contributed by atoms with Crippen molar-refractivity contribution in [2.75, 3.05) is 12.4 Å². The molecular formula is C8H18O4S. The second-order valence-corrected chi connectivity index (χ2v) is 4.55. The van der Waals surface area contributed by atoms with Crippen LogP contribution >= 0.6 is 11.8 Å². The van der Waals surface area contributed by atoms with Crippen LogP contribution in [0, 0.1) is 0 Å². The lowest BCUT2D eigenvalue weighted by Crippen LogP contribution is -2.43. The number of aliphatic hydroxyl groups is 4. The van der Waals surface area contributed by atoms with Crippen LogP contribution in [0.4, 0.5) is 0 Å². The van der Waals surface area contributed by atoms with Crippen molar-refractivity contribution in [1.82, 2.24) is 0 Å². The van der Waals surface area contributed by atoms with Crippen LogP contribution in [0.25, 0.3) is 0 Å². The van der Waals surface area contributed by atoms with Crippen molar-refractivity contribution in [3.8, 4) is 0 Å². The third-order valence-corrected chi connectivity index (χ3v) is 2.98. The fourth-order valence-corrected chi connectivity index (χ4v) is 1.86. The number of hydrogen-bond acceptors (Lipinski definition) is 5. The van der Waals surface area contributed by atoms with E-state index in [-0.39, 0.29) is 5.25 Å². The normalized spacial score (nSPS) is 20.8. The van der Waals surface area contributed by atoms with Gasteiger partial charge in [0.25, 0.3) is 0 Å². The molecule has 0 aromatic rings. The van der Waals surface area contributed by atoms with E-state index in [1.807, 2.05) is 6.92 Å². The molecule has 0 bridgehead atoms. The van der Waals surface area contributed by atoms with Gasteiger partial charge in [-0.1, -0.05) is 13.8 Å². The Hall–Kier alpha value is 0.190. The summed E-state index contributed by atoms with van der Waals surface area (Å²) in [6, 6.07) is 0. The maximum atomic E-state index is 9.48. The molecule has 0 aliphatic heterocycles. The van der Waals surface area contributed by atoms with E-state index in [2.05, 4.69) is 0 Å². The first-order valence-corrected chi connectivity index (χ1v) is 5.36. The number of rotatable bonds is 6. The Labute approximate surface area is 82.6 Å². The van der Waals surface area contributed by atoms with Crippen molar-refractivity contribution in [2.24, 2.45) is 0 Å². The predicted molar refractivity (Wildman–Crippen MR) is 52.7 cm³/mol. The van der Waals surface area contributed by atoms with Gasteiger partial charge in [0.05, 0.1) is 12.7 Å². The van der Waals surface area contributed by atoms with Gasteiger partial charge in [0, 0.05) is 5.25 Å². The highest BCUT2D eigenvalue weighted by molar-refractivity contribution is 7.99. The molecule has 5 heteroatoms. The van der Waals surface area contributed by atoms with Crippen LogP contribution in [-0.4, -0.2) is 56.3 Å². The van der Waals surface area contributed by atoms with Crippen LogP contribution in [0.1, 0.15) is 13.8 Å². The van der Waals surface area contributed by atoms with Gasteiger partial charge in [-0.25, -0.2) is 0 Å². The van der Waals surface area contributed by atoms with E-state index in [4.69, 9.17) is 10.2 Å². The van der Waals surface area contributed by atoms with Crippen LogP contribution in [-0.2, 0) is 0 Å². The molecule has 4 nitrogen and oxygen atoms in total. The fraction of sp³-hybridized carbons (Fsp3) is 1.00. The Morgan fingerprint density at radius 1 is 1.15 bits per heavy atom. The van der Waals surface area contributed by atoms with Gasteiger partial charge in [-0.2, -0.15) is 11.8 Å². The highest BCUT2D eigenvalue weighted by atomic mass is 32.2. The largest absolute Gasteiger partial charge is 0.394 e. The molecule has 0 fully saturated rings. The zero-order valence-electron chi connectivity index (χ0n) is 7.92. The molecule has 0 saturated carbocycles. The summed E-state index contributed by atoms with van der Waals surface area (Å²) in [5.41, 5.74) is 0. The minimum atomic E-state index is -1.28. The standard InChI is InChI=1S/C8H18O4S/c1-3-13-5(2)7(11)8(12)6(10)4-9/h5-12H,3-4H2,1-2H3. The van der Waals surface area contributed by atoms with Gasteiger partial charge >= 0.3 is 0 Å². The minimum Gasteiger partial charge on any atom is -0.394 e. The Balaban J connectivity index is 3.99. The van der Waals surface area contributed by atoms with Gasteiger partial charge in [-0.3, -0.25) is 0 Å². The lowest BCUT2D eigenvalue weighted by molar-refractivity contribution is -0.0749. The molecule has 0 aliphatic rings. The number of aliphatic hydroxyl groups excluding tert-OH is 4. The lowest BCUT2D eigenvalue weighted by atomic mass is 10.1. The second kappa shape index (κ2) is 6.62. The molecular weight excluding hydrogens is 192 g/mol. The molecule has 4 N–H and O–H groups in total. The summed E-state index contributed by atoms with van der Waals surface area (Å²) in [7, 11) is 0. The fourth-order valence-electron chi connectivity index (χ4n) is 0.975. The highest BCUT2D eigenvalue weighted by Crippen LogP contribution is 2.17. The Morgan fingerprint density at radius 2 is 1.69 bits per heavy atom. The summed E-state index contributed by atoms with van der Waals surface area (Å²) in [4.78, 5) is 0. The van der Waals surface area contributed by atoms with Crippen molar-refractivity contribution in [2.45, 2.75) is 37.4 Å². The molecule has 0 heterocycles. The molecule has 0 saturated heterocycles. The van der Waals surface area contributed by atoms with Crippen LogP contribution in [0.3, 0.4) is 0 Å². The van der Waals surface area contributed by atoms with Crippen molar-refractivity contribution >= 4 is 11.8 Å². The third kappa shape index (κ3) is 4.28. The van der Waals surface area contributed by atoms with Gasteiger partial charge in [-0.15, -0.1) is 0 Å². The predicted octanol–water partition coefficient (Wildman–Crippen LogP) is -0.797. The van der Waals surface area contributed by atoms with Crippen LogP contribution in [0.15, 0.2) is 0 Å². The van der Waals surface area contributed by atoms with Gasteiger partial charge in [0.15, 0.2) is 0 Å². The zero-order valence-corrected chi connectivity index (χ0v) is 8.74. The van der Waals surface area contributed by atoms with E-state index in [9.17, 15) is 10.2 Å². The quantitative estimate of drug-likeness (QED) is 0.462. The van der Waals surface area contributed by atoms with E-state index in [0.717, 1.165) is 5.75 Å². The van der Waals surface area contributed by atoms with Gasteiger partial charge < -0.3 is 20.4 Å². The summed E-state index contributed by atoms with van der Waals surface area (Å²) in [5, 5.41) is 36.2. The molecule has 0 aliphatic carbocycles. The Morgan fingerprint density at radius 3 is 2.08 bits per heavy atom. The topological polar surface area (TPSA) is 80.9 Å². The summed E-state index contributed by atoms with van der Waals surface area (Å²) in [6.45, 7) is 3.18. The Kier molecular flexibility index (Phi) is 6.71. The van der Waals surface area contributed by atoms with E-state index < -0.39 is 24.9 Å². The lowest BCUT2D eigenvalue weighted by Gasteiger charge is -2.25. The van der Waals surface area contributed by atoms with Gasteiger partial charge in [-0.05, 0) is 5.75 Å². The molecule has 0 amide bonds. The smallest absolute Gasteiger partial charge is 0.109 e. The van der Waals surface area contributed by atoms with Crippen LogP contribution in [0.2, 0.25) is 0 Å². The maximum absolute atomic E-state index is 9.48. The van der Waals surface area contributed by atoms with E-state index >= 15 is 0 Å². The molecule has 0 aromatic heterocycles. The van der Waals surface area contributed by atoms with Crippen molar-refractivity contribution in [3.63, 3.8) is 0 Å². The van der Waals surface area contributed by atoms with E-state index in [0.29, 0.717) is 0 Å². The molecule has 0 spiro atoms. The Bertz CT molecular complexity index is 133.